The molecule has 5 aromatic rings. The van der Waals surface area contributed by atoms with Gasteiger partial charge < -0.3 is 4.74 Å². The van der Waals surface area contributed by atoms with Crippen LogP contribution in [-0.2, 0) is 14.8 Å². The van der Waals surface area contributed by atoms with Gasteiger partial charge in [0.1, 0.15) is 0 Å². The average Bonchev–Trinajstić information content (AvgIpc) is 3.41. The molecule has 0 aliphatic carbocycles. The maximum atomic E-state index is 13.3. The molecule has 0 saturated carbocycles. The molecule has 0 spiro atoms. The molecule has 0 atom stereocenters. The van der Waals surface area contributed by atoms with Gasteiger partial charge in [0.25, 0.3) is 0 Å². The molecular formula is C25H22N4O3S. The lowest BCUT2D eigenvalue weighted by atomic mass is 10.1. The first kappa shape index (κ1) is 20.2. The Morgan fingerprint density at radius 3 is 2.42 bits per heavy atom. The van der Waals surface area contributed by atoms with Crippen molar-refractivity contribution < 1.29 is 13.2 Å². The molecule has 0 radical (unpaired) electrons. The smallest absolute Gasteiger partial charge is 0.243 e. The van der Waals surface area contributed by atoms with Crippen LogP contribution in [0.2, 0.25) is 0 Å². The molecule has 8 heteroatoms. The van der Waals surface area contributed by atoms with Gasteiger partial charge in [-0.25, -0.2) is 13.4 Å². The van der Waals surface area contributed by atoms with Crippen LogP contribution >= 0.6 is 0 Å². The first-order chi connectivity index (χ1) is 16.1. The van der Waals surface area contributed by atoms with Crippen LogP contribution in [0.4, 0.5) is 0 Å². The average molecular weight is 459 g/mol. The third-order valence-corrected chi connectivity index (χ3v) is 7.92. The number of ether oxygens (including phenoxy) is 1. The van der Waals surface area contributed by atoms with E-state index in [-0.39, 0.29) is 4.90 Å². The highest BCUT2D eigenvalue weighted by molar-refractivity contribution is 7.89. The highest BCUT2D eigenvalue weighted by Gasteiger charge is 2.27. The largest absolute Gasteiger partial charge is 0.379 e. The molecule has 3 heterocycles. The van der Waals surface area contributed by atoms with Crippen molar-refractivity contribution in [2.24, 2.45) is 0 Å². The number of morpholine rings is 1. The molecule has 2 aromatic heterocycles. The summed E-state index contributed by atoms with van der Waals surface area (Å²) in [6, 6.07) is 25.1. The van der Waals surface area contributed by atoms with E-state index in [9.17, 15) is 8.42 Å². The van der Waals surface area contributed by atoms with Crippen LogP contribution in [0.5, 0.6) is 0 Å². The highest BCUT2D eigenvalue weighted by Crippen LogP contribution is 2.31. The Balaban J connectivity index is 1.57. The zero-order chi connectivity index (χ0) is 22.4. The van der Waals surface area contributed by atoms with Crippen molar-refractivity contribution in [2.75, 3.05) is 26.3 Å². The highest BCUT2D eigenvalue weighted by atomic mass is 32.2. The fraction of sp³-hybridized carbons (Fsp3) is 0.160. The number of hydrogen-bond acceptors (Lipinski definition) is 4. The lowest BCUT2D eigenvalue weighted by Crippen LogP contribution is -2.40. The van der Waals surface area contributed by atoms with Gasteiger partial charge >= 0.3 is 0 Å². The molecule has 1 fully saturated rings. The minimum absolute atomic E-state index is 0.267. The summed E-state index contributed by atoms with van der Waals surface area (Å²) in [5.41, 5.74) is 4.59. The Hall–Kier alpha value is -3.46. The van der Waals surface area contributed by atoms with E-state index >= 15 is 0 Å². The number of rotatable bonds is 4. The van der Waals surface area contributed by atoms with Crippen molar-refractivity contribution in [1.82, 2.24) is 18.3 Å². The fourth-order valence-corrected chi connectivity index (χ4v) is 5.84. The standard InChI is InChI=1S/C25H22N4O3S/c30-33(31,27-13-15-32-16-14-27)21-10-6-9-20(17-21)29-24(19-7-2-1-3-8-19)18-28-23-12-5-4-11-22(23)26-25(28)29/h1-12,17-18H,13-16H2. The third kappa shape index (κ3) is 3.34. The van der Waals surface area contributed by atoms with Gasteiger partial charge in [0, 0.05) is 24.8 Å². The third-order valence-electron chi connectivity index (χ3n) is 6.02. The topological polar surface area (TPSA) is 68.8 Å². The van der Waals surface area contributed by atoms with Crippen LogP contribution in [-0.4, -0.2) is 53.0 Å². The van der Waals surface area contributed by atoms with Crippen molar-refractivity contribution in [2.45, 2.75) is 4.90 Å². The zero-order valence-corrected chi connectivity index (χ0v) is 18.6. The lowest BCUT2D eigenvalue weighted by Gasteiger charge is -2.26. The van der Waals surface area contributed by atoms with E-state index in [0.29, 0.717) is 26.3 Å². The second-order valence-electron chi connectivity index (χ2n) is 8.00. The van der Waals surface area contributed by atoms with E-state index < -0.39 is 10.0 Å². The van der Waals surface area contributed by atoms with Gasteiger partial charge in [-0.3, -0.25) is 8.97 Å². The molecular weight excluding hydrogens is 436 g/mol. The molecule has 0 unspecified atom stereocenters. The number of para-hydroxylation sites is 2. The van der Waals surface area contributed by atoms with Crippen LogP contribution in [0.1, 0.15) is 0 Å². The first-order valence-electron chi connectivity index (χ1n) is 10.9. The lowest BCUT2D eigenvalue weighted by molar-refractivity contribution is 0.0730. The second-order valence-corrected chi connectivity index (χ2v) is 9.94. The van der Waals surface area contributed by atoms with Crippen molar-refractivity contribution >= 4 is 26.8 Å². The summed E-state index contributed by atoms with van der Waals surface area (Å²) in [6.45, 7) is 1.55. The Morgan fingerprint density at radius 1 is 0.848 bits per heavy atom. The van der Waals surface area contributed by atoms with Crippen molar-refractivity contribution in [3.63, 3.8) is 0 Å². The normalized spacial score (nSPS) is 15.4. The van der Waals surface area contributed by atoms with Crippen LogP contribution in [0.3, 0.4) is 0 Å². The maximum Gasteiger partial charge on any atom is 0.243 e. The molecule has 6 rings (SSSR count). The summed E-state index contributed by atoms with van der Waals surface area (Å²) in [6.07, 6.45) is 2.06. The molecule has 1 saturated heterocycles. The Labute approximate surface area is 191 Å². The summed E-state index contributed by atoms with van der Waals surface area (Å²) in [7, 11) is -3.62. The maximum absolute atomic E-state index is 13.3. The summed E-state index contributed by atoms with van der Waals surface area (Å²) >= 11 is 0. The van der Waals surface area contributed by atoms with Gasteiger partial charge in [-0.05, 0) is 30.3 Å². The molecule has 1 aliphatic rings. The number of nitrogens with zero attached hydrogens (tertiary/aromatic N) is 4. The molecule has 3 aromatic carbocycles. The van der Waals surface area contributed by atoms with Crippen LogP contribution in [0.25, 0.3) is 33.8 Å². The monoisotopic (exact) mass is 458 g/mol. The molecule has 7 nitrogen and oxygen atoms in total. The number of hydrogen-bond donors (Lipinski definition) is 0. The van der Waals surface area contributed by atoms with E-state index in [1.54, 1.807) is 18.2 Å². The summed E-state index contributed by atoms with van der Waals surface area (Å²) in [5, 5.41) is 0. The van der Waals surface area contributed by atoms with E-state index in [2.05, 4.69) is 10.6 Å². The van der Waals surface area contributed by atoms with Crippen molar-refractivity contribution in [3.05, 3.63) is 85.1 Å². The predicted molar refractivity (Wildman–Crippen MR) is 127 cm³/mol. The van der Waals surface area contributed by atoms with Gasteiger partial charge in [0.2, 0.25) is 15.8 Å². The van der Waals surface area contributed by atoms with E-state index in [1.165, 1.54) is 4.31 Å². The van der Waals surface area contributed by atoms with Crippen molar-refractivity contribution in [3.8, 4) is 16.9 Å². The summed E-state index contributed by atoms with van der Waals surface area (Å²) < 4.78 is 37.5. The Kier molecular flexibility index (Phi) is 4.79. The molecule has 33 heavy (non-hydrogen) atoms. The number of aromatic nitrogens is 3. The molecule has 1 aliphatic heterocycles. The van der Waals surface area contributed by atoms with Gasteiger partial charge in [-0.1, -0.05) is 48.5 Å². The summed E-state index contributed by atoms with van der Waals surface area (Å²) in [5.74, 6) is 0.732. The number of imidazole rings is 2. The number of benzene rings is 3. The first-order valence-corrected chi connectivity index (χ1v) is 12.3. The molecule has 166 valence electrons. The number of sulfonamides is 1. The zero-order valence-electron chi connectivity index (χ0n) is 17.8. The van der Waals surface area contributed by atoms with Crippen LogP contribution in [0.15, 0.2) is 90.0 Å². The predicted octanol–water partition coefficient (Wildman–Crippen LogP) is 3.97. The van der Waals surface area contributed by atoms with E-state index in [0.717, 1.165) is 33.8 Å². The van der Waals surface area contributed by atoms with Gasteiger partial charge in [0.05, 0.1) is 40.5 Å². The quantitative estimate of drug-likeness (QED) is 0.409. The SMILES string of the molecule is O=S(=O)(c1cccc(-n2c(-c3ccccc3)cn3c4ccccc4nc23)c1)N1CCOCC1. The molecule has 0 amide bonds. The minimum Gasteiger partial charge on any atom is -0.379 e. The molecule has 0 bridgehead atoms. The summed E-state index contributed by atoms with van der Waals surface area (Å²) in [4.78, 5) is 5.14. The van der Waals surface area contributed by atoms with E-state index in [1.807, 2.05) is 65.2 Å². The van der Waals surface area contributed by atoms with Crippen molar-refractivity contribution in [1.29, 1.82) is 0 Å². The Morgan fingerprint density at radius 2 is 1.61 bits per heavy atom. The Bertz CT molecular complexity index is 1570. The molecule has 0 N–H and O–H groups in total. The van der Waals surface area contributed by atoms with Crippen LogP contribution < -0.4 is 0 Å². The van der Waals surface area contributed by atoms with Gasteiger partial charge in [-0.15, -0.1) is 0 Å². The van der Waals surface area contributed by atoms with Gasteiger partial charge in [0.15, 0.2) is 0 Å². The fourth-order valence-electron chi connectivity index (χ4n) is 4.39. The van der Waals surface area contributed by atoms with Gasteiger partial charge in [-0.2, -0.15) is 4.31 Å². The van der Waals surface area contributed by atoms with Crippen LogP contribution in [0, 0.1) is 0 Å². The second kappa shape index (κ2) is 7.84. The number of fused-ring (bicyclic) bond motifs is 3. The minimum atomic E-state index is -3.62. The van der Waals surface area contributed by atoms with E-state index in [4.69, 9.17) is 9.72 Å².